The number of imidazole rings is 1. The van der Waals surface area contributed by atoms with E-state index < -0.39 is 18.4 Å². The van der Waals surface area contributed by atoms with Crippen molar-refractivity contribution in [1.82, 2.24) is 19.5 Å². The summed E-state index contributed by atoms with van der Waals surface area (Å²) in [4.78, 5) is 12.5. The van der Waals surface area contributed by atoms with Crippen molar-refractivity contribution in [3.05, 3.63) is 6.33 Å². The average molecular weight is 294 g/mol. The number of fused-ring (bicyclic) bond motifs is 1. The molecule has 0 aliphatic carbocycles. The van der Waals surface area contributed by atoms with E-state index in [1.54, 1.807) is 11.6 Å². The highest BCUT2D eigenvalue weighted by Gasteiger charge is 2.42. The number of aromatic nitrogens is 4. The molecule has 9 heteroatoms. The second-order valence-corrected chi connectivity index (χ2v) is 5.10. The molecule has 1 aliphatic rings. The second kappa shape index (κ2) is 5.10. The summed E-state index contributed by atoms with van der Waals surface area (Å²) in [5, 5.41) is 22.5. The van der Waals surface area contributed by atoms with Crippen molar-refractivity contribution in [2.75, 3.05) is 24.7 Å². The summed E-state index contributed by atoms with van der Waals surface area (Å²) in [6.45, 7) is 1.67. The van der Waals surface area contributed by atoms with Gasteiger partial charge in [-0.15, -0.1) is 0 Å². The highest BCUT2D eigenvalue weighted by Crippen LogP contribution is 2.35. The smallest absolute Gasteiger partial charge is 0.224 e. The molecular formula is C12H18N6O3. The van der Waals surface area contributed by atoms with Gasteiger partial charge in [0.2, 0.25) is 5.95 Å². The zero-order chi connectivity index (χ0) is 15.1. The normalized spacial score (nSPS) is 29.1. The van der Waals surface area contributed by atoms with Gasteiger partial charge in [0.15, 0.2) is 23.2 Å². The van der Waals surface area contributed by atoms with Crippen LogP contribution in [0.2, 0.25) is 0 Å². The summed E-state index contributed by atoms with van der Waals surface area (Å²) in [7, 11) is 1.71. The van der Waals surface area contributed by atoms with Crippen LogP contribution in [-0.4, -0.2) is 55.6 Å². The predicted octanol–water partition coefficient (Wildman–Crippen LogP) is -0.663. The third-order valence-corrected chi connectivity index (χ3v) is 3.86. The van der Waals surface area contributed by atoms with Crippen LogP contribution in [0, 0.1) is 5.92 Å². The number of nitrogens with two attached hydrogens (primary N) is 1. The first-order chi connectivity index (χ1) is 10.1. The number of nitrogen functional groups attached to an aromatic ring is 1. The van der Waals surface area contributed by atoms with E-state index in [-0.39, 0.29) is 18.5 Å². The van der Waals surface area contributed by atoms with Gasteiger partial charge in [-0.2, -0.15) is 9.97 Å². The van der Waals surface area contributed by atoms with Gasteiger partial charge in [-0.25, -0.2) is 4.98 Å². The van der Waals surface area contributed by atoms with Gasteiger partial charge in [0, 0.05) is 13.0 Å². The lowest BCUT2D eigenvalue weighted by atomic mass is 10.0. The molecule has 5 N–H and O–H groups in total. The van der Waals surface area contributed by atoms with Gasteiger partial charge in [0.25, 0.3) is 0 Å². The van der Waals surface area contributed by atoms with Crippen LogP contribution in [0.1, 0.15) is 13.2 Å². The Hall–Kier alpha value is -1.97. The summed E-state index contributed by atoms with van der Waals surface area (Å²) < 4.78 is 7.32. The largest absolute Gasteiger partial charge is 0.394 e. The molecule has 1 saturated heterocycles. The minimum absolute atomic E-state index is 0.104. The first-order valence-corrected chi connectivity index (χ1v) is 6.69. The van der Waals surface area contributed by atoms with Crippen LogP contribution in [-0.2, 0) is 4.74 Å². The SMILES string of the molecule is CNc1nc(N)nc2c1ncn2[C@@H]1O[C@H](CO)[C@H](C)[C@@H]1O. The summed E-state index contributed by atoms with van der Waals surface area (Å²) >= 11 is 0. The van der Waals surface area contributed by atoms with Crippen LogP contribution in [0.25, 0.3) is 11.2 Å². The summed E-state index contributed by atoms with van der Waals surface area (Å²) in [5.41, 5.74) is 6.71. The average Bonchev–Trinajstić information content (AvgIpc) is 3.01. The molecule has 0 radical (unpaired) electrons. The number of rotatable bonds is 3. The van der Waals surface area contributed by atoms with E-state index in [9.17, 15) is 10.2 Å². The molecule has 21 heavy (non-hydrogen) atoms. The van der Waals surface area contributed by atoms with Gasteiger partial charge in [0.1, 0.15) is 6.10 Å². The van der Waals surface area contributed by atoms with E-state index in [0.717, 1.165) is 0 Å². The highest BCUT2D eigenvalue weighted by molar-refractivity contribution is 5.84. The molecule has 0 bridgehead atoms. The fraction of sp³-hybridized carbons (Fsp3) is 0.583. The fourth-order valence-corrected chi connectivity index (χ4v) is 2.60. The molecule has 0 unspecified atom stereocenters. The molecule has 2 aromatic rings. The molecule has 0 amide bonds. The van der Waals surface area contributed by atoms with Crippen molar-refractivity contribution < 1.29 is 14.9 Å². The van der Waals surface area contributed by atoms with Crippen molar-refractivity contribution in [2.45, 2.75) is 25.4 Å². The Morgan fingerprint density at radius 3 is 2.86 bits per heavy atom. The highest BCUT2D eigenvalue weighted by atomic mass is 16.5. The zero-order valence-corrected chi connectivity index (χ0v) is 11.8. The standard InChI is InChI=1S/C12H18N6O3/c1-5-6(3-19)21-11(8(5)20)18-4-15-7-9(14-2)16-12(13)17-10(7)18/h4-6,8,11,19-20H,3H2,1-2H3,(H3,13,14,16,17)/t5-,6+,8-,11+/m0/s1. The minimum Gasteiger partial charge on any atom is -0.394 e. The minimum atomic E-state index is -0.770. The summed E-state index contributed by atoms with van der Waals surface area (Å²) in [5.74, 6) is 0.420. The maximum absolute atomic E-state index is 10.3. The number of ether oxygens (including phenoxy) is 1. The van der Waals surface area contributed by atoms with Crippen LogP contribution in [0.3, 0.4) is 0 Å². The first-order valence-electron chi connectivity index (χ1n) is 6.69. The Labute approximate surface area is 120 Å². The van der Waals surface area contributed by atoms with E-state index in [1.807, 2.05) is 6.92 Å². The number of aliphatic hydroxyl groups excluding tert-OH is 2. The monoisotopic (exact) mass is 294 g/mol. The van der Waals surface area contributed by atoms with E-state index in [2.05, 4.69) is 20.3 Å². The zero-order valence-electron chi connectivity index (χ0n) is 11.8. The summed E-state index contributed by atoms with van der Waals surface area (Å²) in [6, 6.07) is 0. The van der Waals surface area contributed by atoms with Crippen LogP contribution in [0.4, 0.5) is 11.8 Å². The number of hydrogen-bond acceptors (Lipinski definition) is 8. The van der Waals surface area contributed by atoms with Crippen LogP contribution in [0.15, 0.2) is 6.33 Å². The van der Waals surface area contributed by atoms with Crippen molar-refractivity contribution in [1.29, 1.82) is 0 Å². The number of aliphatic hydroxyl groups is 2. The molecule has 3 rings (SSSR count). The Balaban J connectivity index is 2.07. The van der Waals surface area contributed by atoms with Gasteiger partial charge in [-0.1, -0.05) is 6.92 Å². The lowest BCUT2D eigenvalue weighted by Gasteiger charge is -2.17. The van der Waals surface area contributed by atoms with Crippen molar-refractivity contribution in [3.63, 3.8) is 0 Å². The van der Waals surface area contributed by atoms with Gasteiger partial charge in [-0.05, 0) is 0 Å². The Kier molecular flexibility index (Phi) is 3.40. The number of hydrogen-bond donors (Lipinski definition) is 4. The van der Waals surface area contributed by atoms with E-state index in [0.29, 0.717) is 17.0 Å². The number of anilines is 2. The number of nitrogens with one attached hydrogen (secondary N) is 1. The van der Waals surface area contributed by atoms with Crippen LogP contribution < -0.4 is 11.1 Å². The third kappa shape index (κ3) is 2.09. The van der Waals surface area contributed by atoms with E-state index in [1.165, 1.54) is 6.33 Å². The van der Waals surface area contributed by atoms with Crippen molar-refractivity contribution >= 4 is 22.9 Å². The fourth-order valence-electron chi connectivity index (χ4n) is 2.60. The van der Waals surface area contributed by atoms with Gasteiger partial charge < -0.3 is 26.0 Å². The van der Waals surface area contributed by atoms with Gasteiger partial charge >= 0.3 is 0 Å². The maximum Gasteiger partial charge on any atom is 0.224 e. The summed E-state index contributed by atoms with van der Waals surface area (Å²) in [6.07, 6.45) is -0.333. The molecule has 4 atom stereocenters. The molecule has 2 aromatic heterocycles. The Bertz CT molecular complexity index is 660. The molecular weight excluding hydrogens is 276 g/mol. The molecule has 0 spiro atoms. The lowest BCUT2D eigenvalue weighted by Crippen LogP contribution is -2.25. The molecule has 114 valence electrons. The quantitative estimate of drug-likeness (QED) is 0.586. The van der Waals surface area contributed by atoms with Crippen LogP contribution >= 0.6 is 0 Å². The second-order valence-electron chi connectivity index (χ2n) is 5.10. The molecule has 1 fully saturated rings. The Morgan fingerprint density at radius 1 is 1.48 bits per heavy atom. The molecule has 1 aliphatic heterocycles. The van der Waals surface area contributed by atoms with E-state index in [4.69, 9.17) is 10.5 Å². The molecule has 0 aromatic carbocycles. The Morgan fingerprint density at radius 2 is 2.24 bits per heavy atom. The van der Waals surface area contributed by atoms with Gasteiger partial charge in [0.05, 0.1) is 19.0 Å². The topological polar surface area (TPSA) is 131 Å². The van der Waals surface area contributed by atoms with Crippen molar-refractivity contribution in [3.8, 4) is 0 Å². The van der Waals surface area contributed by atoms with Crippen LogP contribution in [0.5, 0.6) is 0 Å². The molecule has 9 nitrogen and oxygen atoms in total. The number of nitrogens with zero attached hydrogens (tertiary/aromatic N) is 4. The van der Waals surface area contributed by atoms with E-state index >= 15 is 0 Å². The first kappa shape index (κ1) is 14.0. The molecule has 3 heterocycles. The maximum atomic E-state index is 10.3. The lowest BCUT2D eigenvalue weighted by molar-refractivity contribution is -0.0491. The van der Waals surface area contributed by atoms with Gasteiger partial charge in [-0.3, -0.25) is 4.57 Å². The molecule has 0 saturated carbocycles. The van der Waals surface area contributed by atoms with Crippen molar-refractivity contribution in [2.24, 2.45) is 5.92 Å². The third-order valence-electron chi connectivity index (χ3n) is 3.86. The predicted molar refractivity (Wildman–Crippen MR) is 75.4 cm³/mol.